The number of quaternary nitrogens is 1. The normalized spacial score (nSPS) is 23.2. The van der Waals surface area contributed by atoms with Gasteiger partial charge in [-0.25, -0.2) is 8.42 Å². The quantitative estimate of drug-likeness (QED) is 0.705. The average molecular weight is 407 g/mol. The lowest BCUT2D eigenvalue weighted by atomic mass is 10.2. The number of ether oxygens (including phenoxy) is 1. The van der Waals surface area contributed by atoms with E-state index >= 15 is 0 Å². The molecule has 144 valence electrons. The fourth-order valence-corrected chi connectivity index (χ4v) is 5.57. The van der Waals surface area contributed by atoms with Crippen molar-refractivity contribution in [2.75, 3.05) is 43.0 Å². The van der Waals surface area contributed by atoms with E-state index in [1.54, 1.807) is 12.1 Å². The number of benzene rings is 1. The van der Waals surface area contributed by atoms with E-state index in [4.69, 9.17) is 12.2 Å². The van der Waals surface area contributed by atoms with Crippen LogP contribution < -0.4 is 15.0 Å². The molecule has 10 heteroatoms. The van der Waals surface area contributed by atoms with Crippen LogP contribution in [-0.4, -0.2) is 68.8 Å². The molecule has 1 atom stereocenters. The van der Waals surface area contributed by atoms with Crippen LogP contribution in [-0.2, 0) is 9.84 Å². The third-order valence-corrected chi connectivity index (χ3v) is 6.96. The fraction of sp³-hybridized carbons (Fsp3) is 0.562. The lowest BCUT2D eigenvalue weighted by molar-refractivity contribution is -0.925. The van der Waals surface area contributed by atoms with Gasteiger partial charge in [0.25, 0.3) is 0 Å². The van der Waals surface area contributed by atoms with Crippen molar-refractivity contribution in [3.63, 3.8) is 0 Å². The SMILES string of the molecule is O=S1(=O)CC[C@H]([NH+]2CCN(C(=S)Nc3ccc(OC(F)F)cc3)CC2)C1. The standard InChI is InChI=1S/C16H21F2N3O3S2/c17-15(18)24-14-3-1-12(2-4-14)19-16(25)21-8-6-20(7-9-21)13-5-10-26(22,23)11-13/h1-4,13,15H,5-11H2,(H,19,25)/p+1/t13-/m0/s1. The van der Waals surface area contributed by atoms with Crippen LogP contribution in [0.2, 0.25) is 0 Å². The maximum Gasteiger partial charge on any atom is 0.387 e. The molecule has 0 aliphatic carbocycles. The first-order valence-electron chi connectivity index (χ1n) is 8.48. The van der Waals surface area contributed by atoms with Crippen LogP contribution in [0.5, 0.6) is 5.75 Å². The molecule has 0 bridgehead atoms. The van der Waals surface area contributed by atoms with Gasteiger partial charge in [0.1, 0.15) is 17.5 Å². The van der Waals surface area contributed by atoms with Crippen LogP contribution in [0.4, 0.5) is 14.5 Å². The van der Waals surface area contributed by atoms with E-state index in [0.717, 1.165) is 32.6 Å². The molecule has 0 unspecified atom stereocenters. The number of nitrogens with zero attached hydrogens (tertiary/aromatic N) is 1. The summed E-state index contributed by atoms with van der Waals surface area (Å²) in [4.78, 5) is 3.38. The zero-order valence-corrected chi connectivity index (χ0v) is 15.8. The number of hydrogen-bond acceptors (Lipinski definition) is 4. The topological polar surface area (TPSA) is 63.1 Å². The highest BCUT2D eigenvalue weighted by Crippen LogP contribution is 2.18. The fourth-order valence-electron chi connectivity index (χ4n) is 3.44. The number of nitrogens with one attached hydrogen (secondary N) is 2. The third kappa shape index (κ3) is 5.01. The summed E-state index contributed by atoms with van der Waals surface area (Å²) in [6.07, 6.45) is 0.743. The molecule has 2 saturated heterocycles. The number of sulfone groups is 1. The van der Waals surface area contributed by atoms with E-state index in [-0.39, 0.29) is 17.5 Å². The molecule has 3 rings (SSSR count). The van der Waals surface area contributed by atoms with Gasteiger partial charge in [-0.1, -0.05) is 0 Å². The lowest BCUT2D eigenvalue weighted by Gasteiger charge is -2.36. The van der Waals surface area contributed by atoms with Crippen LogP contribution in [0.1, 0.15) is 6.42 Å². The Bertz CT molecular complexity index is 736. The van der Waals surface area contributed by atoms with E-state index in [9.17, 15) is 17.2 Å². The number of piperazine rings is 1. The first-order chi connectivity index (χ1) is 12.3. The van der Waals surface area contributed by atoms with Gasteiger partial charge in [0.15, 0.2) is 14.9 Å². The molecule has 2 fully saturated rings. The van der Waals surface area contributed by atoms with Gasteiger partial charge in [-0.3, -0.25) is 0 Å². The van der Waals surface area contributed by atoms with E-state index in [2.05, 4.69) is 10.1 Å². The number of rotatable bonds is 4. The highest BCUT2D eigenvalue weighted by atomic mass is 32.2. The summed E-state index contributed by atoms with van der Waals surface area (Å²) in [7, 11) is -2.86. The van der Waals surface area contributed by atoms with Gasteiger partial charge in [0, 0.05) is 12.1 Å². The van der Waals surface area contributed by atoms with Gasteiger partial charge >= 0.3 is 6.61 Å². The molecule has 2 aliphatic heterocycles. The summed E-state index contributed by atoms with van der Waals surface area (Å²) >= 11 is 5.43. The first-order valence-corrected chi connectivity index (χ1v) is 10.7. The van der Waals surface area contributed by atoms with Crippen LogP contribution in [0.15, 0.2) is 24.3 Å². The van der Waals surface area contributed by atoms with Gasteiger partial charge in [-0.2, -0.15) is 8.78 Å². The van der Waals surface area contributed by atoms with E-state index < -0.39 is 16.4 Å². The smallest absolute Gasteiger partial charge is 0.387 e. The van der Waals surface area contributed by atoms with E-state index in [1.807, 2.05) is 4.90 Å². The molecular formula is C16H22F2N3O3S2+. The predicted molar refractivity (Wildman–Crippen MR) is 98.6 cm³/mol. The van der Waals surface area contributed by atoms with Crippen LogP contribution in [0.25, 0.3) is 0 Å². The zero-order chi connectivity index (χ0) is 18.7. The minimum absolute atomic E-state index is 0.0974. The van der Waals surface area contributed by atoms with E-state index in [0.29, 0.717) is 16.6 Å². The maximum atomic E-state index is 12.2. The van der Waals surface area contributed by atoms with Crippen molar-refractivity contribution in [1.82, 2.24) is 4.90 Å². The number of halogens is 2. The Morgan fingerprint density at radius 3 is 2.46 bits per heavy atom. The first kappa shape index (κ1) is 19.2. The Balaban J connectivity index is 1.48. The zero-order valence-electron chi connectivity index (χ0n) is 14.2. The summed E-state index contributed by atoms with van der Waals surface area (Å²) in [6, 6.07) is 6.38. The second-order valence-corrected chi connectivity index (χ2v) is 9.19. The number of alkyl halides is 2. The van der Waals surface area contributed by atoms with Gasteiger partial charge in [0.05, 0.1) is 31.9 Å². The van der Waals surface area contributed by atoms with Crippen LogP contribution in [0.3, 0.4) is 0 Å². The molecule has 6 nitrogen and oxygen atoms in total. The molecule has 2 N–H and O–H groups in total. The molecule has 1 aromatic carbocycles. The molecule has 0 amide bonds. The van der Waals surface area contributed by atoms with Crippen LogP contribution in [0, 0.1) is 0 Å². The average Bonchev–Trinajstić information content (AvgIpc) is 2.96. The van der Waals surface area contributed by atoms with Gasteiger partial charge < -0.3 is 19.9 Å². The van der Waals surface area contributed by atoms with Gasteiger partial charge in [0.2, 0.25) is 0 Å². The van der Waals surface area contributed by atoms with Crippen molar-refractivity contribution in [3.05, 3.63) is 24.3 Å². The Morgan fingerprint density at radius 1 is 1.27 bits per heavy atom. The molecule has 0 spiro atoms. The van der Waals surface area contributed by atoms with Crippen molar-refractivity contribution in [2.45, 2.75) is 19.1 Å². The molecular weight excluding hydrogens is 384 g/mol. The van der Waals surface area contributed by atoms with E-state index in [1.165, 1.54) is 17.0 Å². The minimum atomic E-state index is -2.86. The molecule has 2 aliphatic rings. The van der Waals surface area contributed by atoms with Crippen LogP contribution >= 0.6 is 12.2 Å². The molecule has 2 heterocycles. The maximum absolute atomic E-state index is 12.2. The largest absolute Gasteiger partial charge is 0.435 e. The van der Waals surface area contributed by atoms with Crippen molar-refractivity contribution >= 4 is 32.9 Å². The summed E-state index contributed by atoms with van der Waals surface area (Å²) in [5, 5.41) is 3.67. The molecule has 1 aromatic rings. The van der Waals surface area contributed by atoms with Crippen molar-refractivity contribution in [1.29, 1.82) is 0 Å². The summed E-state index contributed by atoms with van der Waals surface area (Å²) in [5.74, 6) is 0.689. The number of anilines is 1. The van der Waals surface area contributed by atoms with Gasteiger partial charge in [-0.05, 0) is 36.5 Å². The Kier molecular flexibility index (Phi) is 5.93. The highest BCUT2D eigenvalue weighted by molar-refractivity contribution is 7.91. The second-order valence-electron chi connectivity index (χ2n) is 6.58. The monoisotopic (exact) mass is 406 g/mol. The second kappa shape index (κ2) is 8.01. The van der Waals surface area contributed by atoms with Crippen molar-refractivity contribution in [3.8, 4) is 5.75 Å². The summed E-state index contributed by atoms with van der Waals surface area (Å²) in [6.45, 7) is 0.365. The molecule has 0 saturated carbocycles. The third-order valence-electron chi connectivity index (χ3n) is 4.83. The number of thiocarbonyl (C=S) groups is 1. The van der Waals surface area contributed by atoms with Crippen molar-refractivity contribution in [2.24, 2.45) is 0 Å². The summed E-state index contributed by atoms with van der Waals surface area (Å²) < 4.78 is 51.9. The highest BCUT2D eigenvalue weighted by Gasteiger charge is 2.37. The van der Waals surface area contributed by atoms with Gasteiger partial charge in [-0.15, -0.1) is 0 Å². The molecule has 0 radical (unpaired) electrons. The predicted octanol–water partition coefficient (Wildman–Crippen LogP) is 0.372. The molecule has 26 heavy (non-hydrogen) atoms. The Morgan fingerprint density at radius 2 is 1.92 bits per heavy atom. The minimum Gasteiger partial charge on any atom is -0.435 e. The number of hydrogen-bond donors (Lipinski definition) is 2. The molecule has 0 aromatic heterocycles. The Labute approximate surface area is 157 Å². The summed E-state index contributed by atoms with van der Waals surface area (Å²) in [5.41, 5.74) is 0.702. The Hall–Kier alpha value is -1.52. The van der Waals surface area contributed by atoms with Crippen molar-refractivity contribution < 1.29 is 26.8 Å². The lowest BCUT2D eigenvalue weighted by Crippen LogP contribution is -3.18.